The van der Waals surface area contributed by atoms with Gasteiger partial charge < -0.3 is 10.0 Å². The average Bonchev–Trinajstić information content (AvgIpc) is 2.75. The fraction of sp³-hybridized carbons (Fsp3) is 0.214. The Labute approximate surface area is 121 Å². The summed E-state index contributed by atoms with van der Waals surface area (Å²) in [7, 11) is 0. The molecule has 0 saturated heterocycles. The lowest BCUT2D eigenvalue weighted by Gasteiger charge is -2.22. The van der Waals surface area contributed by atoms with E-state index in [1.165, 1.54) is 10.4 Å². The minimum Gasteiger partial charge on any atom is -0.480 e. The molecule has 0 aliphatic rings. The predicted octanol–water partition coefficient (Wildman–Crippen LogP) is 3.80. The molecule has 0 spiro atoms. The first-order valence-electron chi connectivity index (χ1n) is 5.81. The van der Waals surface area contributed by atoms with E-state index in [1.807, 2.05) is 35.4 Å². The number of nitrogens with zero attached hydrogens (tertiary/aromatic N) is 1. The van der Waals surface area contributed by atoms with Crippen LogP contribution in [-0.4, -0.2) is 17.6 Å². The first-order chi connectivity index (χ1) is 9.06. The third kappa shape index (κ3) is 3.72. The summed E-state index contributed by atoms with van der Waals surface area (Å²) in [6.07, 6.45) is 0. The number of hydrogen-bond acceptors (Lipinski definition) is 3. The molecule has 0 fully saturated rings. The van der Waals surface area contributed by atoms with E-state index in [-0.39, 0.29) is 6.54 Å². The highest BCUT2D eigenvalue weighted by molar-refractivity contribution is 7.10. The summed E-state index contributed by atoms with van der Waals surface area (Å²) in [5.41, 5.74) is 2.05. The SMILES string of the molecule is Cc1ccsc1CN(CC(=O)O)c1ccc(Cl)cc1. The molecule has 0 bridgehead atoms. The van der Waals surface area contributed by atoms with Gasteiger partial charge in [0.05, 0.1) is 6.54 Å². The molecular weight excluding hydrogens is 282 g/mol. The van der Waals surface area contributed by atoms with Gasteiger partial charge in [0.25, 0.3) is 0 Å². The van der Waals surface area contributed by atoms with Gasteiger partial charge in [-0.05, 0) is 48.2 Å². The highest BCUT2D eigenvalue weighted by Crippen LogP contribution is 2.23. The van der Waals surface area contributed by atoms with Crippen LogP contribution in [0.25, 0.3) is 0 Å². The third-order valence-electron chi connectivity index (χ3n) is 2.82. The maximum absolute atomic E-state index is 11.0. The number of aryl methyl sites for hydroxylation is 1. The topological polar surface area (TPSA) is 40.5 Å². The van der Waals surface area contributed by atoms with Crippen LogP contribution in [0.5, 0.6) is 0 Å². The number of halogens is 1. The van der Waals surface area contributed by atoms with Gasteiger partial charge >= 0.3 is 5.97 Å². The highest BCUT2D eigenvalue weighted by atomic mass is 35.5. The average molecular weight is 296 g/mol. The molecule has 2 aromatic rings. The maximum Gasteiger partial charge on any atom is 0.323 e. The maximum atomic E-state index is 11.0. The smallest absolute Gasteiger partial charge is 0.323 e. The van der Waals surface area contributed by atoms with Gasteiger partial charge in [0, 0.05) is 15.6 Å². The monoisotopic (exact) mass is 295 g/mol. The molecule has 0 amide bonds. The fourth-order valence-corrected chi connectivity index (χ4v) is 2.84. The van der Waals surface area contributed by atoms with E-state index in [4.69, 9.17) is 16.7 Å². The Bertz CT molecular complexity index is 565. The van der Waals surface area contributed by atoms with E-state index in [1.54, 1.807) is 23.5 Å². The second-order valence-corrected chi connectivity index (χ2v) is 5.69. The number of carbonyl (C=O) groups is 1. The zero-order chi connectivity index (χ0) is 13.8. The summed E-state index contributed by atoms with van der Waals surface area (Å²) in [6, 6.07) is 9.27. The fourth-order valence-electron chi connectivity index (χ4n) is 1.79. The quantitative estimate of drug-likeness (QED) is 0.912. The molecule has 1 aromatic carbocycles. The Morgan fingerprint density at radius 2 is 2.00 bits per heavy atom. The van der Waals surface area contributed by atoms with Crippen molar-refractivity contribution in [3.63, 3.8) is 0 Å². The third-order valence-corrected chi connectivity index (χ3v) is 4.08. The van der Waals surface area contributed by atoms with Gasteiger partial charge in [0.2, 0.25) is 0 Å². The van der Waals surface area contributed by atoms with Crippen molar-refractivity contribution in [2.24, 2.45) is 0 Å². The van der Waals surface area contributed by atoms with Crippen molar-refractivity contribution in [1.82, 2.24) is 0 Å². The standard InChI is InChI=1S/C14H14ClNO2S/c1-10-6-7-19-13(10)8-16(9-14(17)18)12-4-2-11(15)3-5-12/h2-7H,8-9H2,1H3,(H,17,18). The molecule has 19 heavy (non-hydrogen) atoms. The molecule has 1 heterocycles. The number of benzene rings is 1. The molecule has 0 radical (unpaired) electrons. The molecular formula is C14H14ClNO2S. The number of carboxylic acid groups (broad SMARTS) is 1. The van der Waals surface area contributed by atoms with E-state index in [0.29, 0.717) is 11.6 Å². The van der Waals surface area contributed by atoms with E-state index >= 15 is 0 Å². The van der Waals surface area contributed by atoms with Crippen molar-refractivity contribution in [3.8, 4) is 0 Å². The van der Waals surface area contributed by atoms with Crippen LogP contribution in [0, 0.1) is 6.92 Å². The van der Waals surface area contributed by atoms with Crippen molar-refractivity contribution in [3.05, 3.63) is 51.2 Å². The van der Waals surface area contributed by atoms with Gasteiger partial charge in [-0.15, -0.1) is 11.3 Å². The molecule has 0 aliphatic heterocycles. The van der Waals surface area contributed by atoms with E-state index in [2.05, 4.69) is 0 Å². The van der Waals surface area contributed by atoms with Gasteiger partial charge in [-0.2, -0.15) is 0 Å². The first-order valence-corrected chi connectivity index (χ1v) is 7.07. The molecule has 1 aromatic heterocycles. The van der Waals surface area contributed by atoms with Gasteiger partial charge in [-0.25, -0.2) is 0 Å². The molecule has 0 saturated carbocycles. The second-order valence-electron chi connectivity index (χ2n) is 4.25. The Kier molecular flexibility index (Phi) is 4.45. The van der Waals surface area contributed by atoms with Crippen LogP contribution in [0.3, 0.4) is 0 Å². The van der Waals surface area contributed by atoms with E-state index in [9.17, 15) is 4.79 Å². The Balaban J connectivity index is 2.23. The molecule has 100 valence electrons. The molecule has 3 nitrogen and oxygen atoms in total. The van der Waals surface area contributed by atoms with Crippen molar-refractivity contribution in [2.45, 2.75) is 13.5 Å². The first kappa shape index (κ1) is 13.9. The summed E-state index contributed by atoms with van der Waals surface area (Å²) in [4.78, 5) is 14.0. The number of anilines is 1. The van der Waals surface area contributed by atoms with Crippen LogP contribution in [0.2, 0.25) is 5.02 Å². The molecule has 1 N–H and O–H groups in total. The zero-order valence-electron chi connectivity index (χ0n) is 10.5. The van der Waals surface area contributed by atoms with Crippen molar-refractivity contribution < 1.29 is 9.90 Å². The van der Waals surface area contributed by atoms with Crippen LogP contribution in [0.1, 0.15) is 10.4 Å². The van der Waals surface area contributed by atoms with Crippen LogP contribution in [-0.2, 0) is 11.3 Å². The van der Waals surface area contributed by atoms with E-state index in [0.717, 1.165) is 5.69 Å². The zero-order valence-corrected chi connectivity index (χ0v) is 12.0. The molecule has 2 rings (SSSR count). The normalized spacial score (nSPS) is 10.4. The van der Waals surface area contributed by atoms with Crippen molar-refractivity contribution in [2.75, 3.05) is 11.4 Å². The summed E-state index contributed by atoms with van der Waals surface area (Å²) in [5.74, 6) is -0.843. The lowest BCUT2D eigenvalue weighted by atomic mass is 10.2. The number of thiophene rings is 1. The number of aliphatic carboxylic acids is 1. The molecule has 0 unspecified atom stereocenters. The largest absolute Gasteiger partial charge is 0.480 e. The van der Waals surface area contributed by atoms with Gasteiger partial charge in [-0.3, -0.25) is 4.79 Å². The summed E-state index contributed by atoms with van der Waals surface area (Å²) >= 11 is 7.50. The summed E-state index contributed by atoms with van der Waals surface area (Å²) in [6.45, 7) is 2.60. The van der Waals surface area contributed by atoms with Gasteiger partial charge in [0.1, 0.15) is 6.54 Å². The van der Waals surface area contributed by atoms with E-state index < -0.39 is 5.97 Å². The van der Waals surface area contributed by atoms with Gasteiger partial charge in [0.15, 0.2) is 0 Å². The molecule has 5 heteroatoms. The summed E-state index contributed by atoms with van der Waals surface area (Å²) in [5, 5.41) is 11.7. The number of rotatable bonds is 5. The minimum absolute atomic E-state index is 0.0288. The van der Waals surface area contributed by atoms with Crippen molar-refractivity contribution in [1.29, 1.82) is 0 Å². The number of carboxylic acids is 1. The molecule has 0 atom stereocenters. The minimum atomic E-state index is -0.843. The second kappa shape index (κ2) is 6.08. The van der Waals surface area contributed by atoms with Crippen LogP contribution < -0.4 is 4.90 Å². The predicted molar refractivity (Wildman–Crippen MR) is 79.2 cm³/mol. The number of hydrogen-bond donors (Lipinski definition) is 1. The lowest BCUT2D eigenvalue weighted by Crippen LogP contribution is -2.29. The van der Waals surface area contributed by atoms with Crippen LogP contribution in [0.15, 0.2) is 35.7 Å². The molecule has 0 aliphatic carbocycles. The van der Waals surface area contributed by atoms with Crippen LogP contribution in [0.4, 0.5) is 5.69 Å². The van der Waals surface area contributed by atoms with Crippen LogP contribution >= 0.6 is 22.9 Å². The Hall–Kier alpha value is -1.52. The summed E-state index contributed by atoms with van der Waals surface area (Å²) < 4.78 is 0. The highest BCUT2D eigenvalue weighted by Gasteiger charge is 2.13. The Morgan fingerprint density at radius 3 is 2.53 bits per heavy atom. The van der Waals surface area contributed by atoms with Crippen molar-refractivity contribution >= 4 is 34.6 Å². The van der Waals surface area contributed by atoms with Gasteiger partial charge in [-0.1, -0.05) is 11.6 Å². The Morgan fingerprint density at radius 1 is 1.32 bits per heavy atom. The lowest BCUT2D eigenvalue weighted by molar-refractivity contribution is -0.135.